The number of aromatic hydroxyl groups is 1. The van der Waals surface area contributed by atoms with Crippen LogP contribution >= 0.6 is 0 Å². The molecule has 0 bridgehead atoms. The predicted molar refractivity (Wildman–Crippen MR) is 73.7 cm³/mol. The topological polar surface area (TPSA) is 58.6 Å². The summed E-state index contributed by atoms with van der Waals surface area (Å²) in [7, 11) is 1.49. The molecule has 2 rings (SSSR count). The van der Waals surface area contributed by atoms with Crippen LogP contribution in [0.2, 0.25) is 0 Å². The van der Waals surface area contributed by atoms with E-state index in [-0.39, 0.29) is 11.3 Å². The largest absolute Gasteiger partial charge is 0.507 e. The molecule has 0 aliphatic heterocycles. The number of phenols is 1. The van der Waals surface area contributed by atoms with E-state index in [9.17, 15) is 14.3 Å². The smallest absolute Gasteiger partial charge is 0.259 e. The number of ether oxygens (including phenoxy) is 1. The van der Waals surface area contributed by atoms with Gasteiger partial charge >= 0.3 is 0 Å². The average molecular weight is 275 g/mol. The van der Waals surface area contributed by atoms with Crippen LogP contribution in [0.15, 0.2) is 36.4 Å². The summed E-state index contributed by atoms with van der Waals surface area (Å²) in [6.07, 6.45) is 0. The molecule has 4 nitrogen and oxygen atoms in total. The van der Waals surface area contributed by atoms with Crippen molar-refractivity contribution >= 4 is 11.6 Å². The Bertz CT molecular complexity index is 656. The highest BCUT2D eigenvalue weighted by molar-refractivity contribution is 6.06. The molecular formula is C15H14FNO3. The maximum atomic E-state index is 13.1. The van der Waals surface area contributed by atoms with Gasteiger partial charge in [-0.2, -0.15) is 0 Å². The zero-order valence-electron chi connectivity index (χ0n) is 11.1. The molecular weight excluding hydrogens is 261 g/mol. The number of rotatable bonds is 3. The quantitative estimate of drug-likeness (QED) is 0.905. The van der Waals surface area contributed by atoms with E-state index in [1.807, 2.05) is 13.0 Å². The molecule has 20 heavy (non-hydrogen) atoms. The average Bonchev–Trinajstić information content (AvgIpc) is 2.41. The minimum Gasteiger partial charge on any atom is -0.507 e. The third-order valence-electron chi connectivity index (χ3n) is 2.81. The van der Waals surface area contributed by atoms with Crippen LogP contribution in [-0.2, 0) is 0 Å². The zero-order chi connectivity index (χ0) is 14.7. The Morgan fingerprint density at radius 1 is 1.25 bits per heavy atom. The highest BCUT2D eigenvalue weighted by Crippen LogP contribution is 2.27. The van der Waals surface area contributed by atoms with Gasteiger partial charge in [0.25, 0.3) is 5.91 Å². The molecule has 0 radical (unpaired) electrons. The summed E-state index contributed by atoms with van der Waals surface area (Å²) in [5.41, 5.74) is 1.26. The zero-order valence-corrected chi connectivity index (χ0v) is 11.1. The number of amides is 1. The number of aryl methyl sites for hydroxylation is 1. The van der Waals surface area contributed by atoms with Crippen molar-refractivity contribution < 1.29 is 19.0 Å². The maximum absolute atomic E-state index is 13.1. The van der Waals surface area contributed by atoms with Gasteiger partial charge in [0.05, 0.1) is 18.4 Å². The predicted octanol–water partition coefficient (Wildman–Crippen LogP) is 3.10. The number of halogens is 1. The Balaban J connectivity index is 2.32. The van der Waals surface area contributed by atoms with Crippen molar-refractivity contribution in [3.63, 3.8) is 0 Å². The normalized spacial score (nSPS) is 10.2. The van der Waals surface area contributed by atoms with Gasteiger partial charge in [0.2, 0.25) is 0 Å². The van der Waals surface area contributed by atoms with E-state index in [1.165, 1.54) is 7.11 Å². The van der Waals surface area contributed by atoms with Gasteiger partial charge < -0.3 is 15.2 Å². The van der Waals surface area contributed by atoms with Crippen LogP contribution in [0.25, 0.3) is 0 Å². The third kappa shape index (κ3) is 2.88. The van der Waals surface area contributed by atoms with Crippen molar-refractivity contribution in [2.45, 2.75) is 6.92 Å². The number of benzene rings is 2. The molecule has 0 aliphatic carbocycles. The second-order valence-corrected chi connectivity index (χ2v) is 4.32. The maximum Gasteiger partial charge on any atom is 0.259 e. The highest BCUT2D eigenvalue weighted by Gasteiger charge is 2.14. The molecule has 0 atom stereocenters. The Hall–Kier alpha value is -2.56. The van der Waals surface area contributed by atoms with Crippen molar-refractivity contribution in [1.29, 1.82) is 0 Å². The van der Waals surface area contributed by atoms with Gasteiger partial charge in [-0.25, -0.2) is 4.39 Å². The lowest BCUT2D eigenvalue weighted by molar-refractivity contribution is 0.102. The lowest BCUT2D eigenvalue weighted by Gasteiger charge is -2.11. The fourth-order valence-electron chi connectivity index (χ4n) is 1.80. The molecule has 5 heteroatoms. The van der Waals surface area contributed by atoms with Gasteiger partial charge in [-0.05, 0) is 42.8 Å². The number of anilines is 1. The minimum absolute atomic E-state index is 0.131. The number of hydrogen-bond donors (Lipinski definition) is 2. The van der Waals surface area contributed by atoms with E-state index >= 15 is 0 Å². The van der Waals surface area contributed by atoms with Crippen LogP contribution in [0, 0.1) is 12.7 Å². The van der Waals surface area contributed by atoms with Crippen molar-refractivity contribution in [1.82, 2.24) is 0 Å². The van der Waals surface area contributed by atoms with Crippen molar-refractivity contribution in [2.75, 3.05) is 12.4 Å². The SMILES string of the molecule is COc1ccc(C)cc1NC(=O)c1cc(F)ccc1O. The van der Waals surface area contributed by atoms with E-state index in [2.05, 4.69) is 5.32 Å². The third-order valence-corrected chi connectivity index (χ3v) is 2.81. The summed E-state index contributed by atoms with van der Waals surface area (Å²) in [6.45, 7) is 1.87. The second kappa shape index (κ2) is 5.61. The molecule has 0 heterocycles. The highest BCUT2D eigenvalue weighted by atomic mass is 19.1. The number of nitrogens with one attached hydrogen (secondary N) is 1. The molecule has 0 aliphatic rings. The van der Waals surface area contributed by atoms with Crippen molar-refractivity contribution in [2.24, 2.45) is 0 Å². The summed E-state index contributed by atoms with van der Waals surface area (Å²) >= 11 is 0. The van der Waals surface area contributed by atoms with Crippen LogP contribution in [0.4, 0.5) is 10.1 Å². The molecule has 0 saturated heterocycles. The van der Waals surface area contributed by atoms with Crippen LogP contribution in [0.5, 0.6) is 11.5 Å². The lowest BCUT2D eigenvalue weighted by Crippen LogP contribution is -2.13. The standard InChI is InChI=1S/C15H14FNO3/c1-9-3-6-14(20-2)12(7-9)17-15(19)11-8-10(16)4-5-13(11)18/h3-8,18H,1-2H3,(H,17,19). The second-order valence-electron chi connectivity index (χ2n) is 4.32. The van der Waals surface area contributed by atoms with Gasteiger partial charge in [-0.15, -0.1) is 0 Å². The van der Waals surface area contributed by atoms with Crippen LogP contribution in [0.3, 0.4) is 0 Å². The fourth-order valence-corrected chi connectivity index (χ4v) is 1.80. The molecule has 0 saturated carbocycles. The molecule has 1 amide bonds. The minimum atomic E-state index is -0.606. The van der Waals surface area contributed by atoms with Gasteiger partial charge in [-0.1, -0.05) is 6.07 Å². The number of carbonyl (C=O) groups is 1. The number of phenolic OH excluding ortho intramolecular Hbond substituents is 1. The van der Waals surface area contributed by atoms with Gasteiger partial charge in [0.15, 0.2) is 0 Å². The number of hydrogen-bond acceptors (Lipinski definition) is 3. The first-order valence-corrected chi connectivity index (χ1v) is 5.96. The van der Waals surface area contributed by atoms with Gasteiger partial charge in [0, 0.05) is 0 Å². The van der Waals surface area contributed by atoms with E-state index < -0.39 is 11.7 Å². The van der Waals surface area contributed by atoms with Crippen molar-refractivity contribution in [3.05, 3.63) is 53.3 Å². The van der Waals surface area contributed by atoms with E-state index in [0.29, 0.717) is 11.4 Å². The monoisotopic (exact) mass is 275 g/mol. The van der Waals surface area contributed by atoms with E-state index in [4.69, 9.17) is 4.74 Å². The Morgan fingerprint density at radius 2 is 2.00 bits per heavy atom. The molecule has 2 aromatic carbocycles. The summed E-state index contributed by atoms with van der Waals surface area (Å²) in [4.78, 5) is 12.1. The first-order chi connectivity index (χ1) is 9.51. The molecule has 2 aromatic rings. The summed E-state index contributed by atoms with van der Waals surface area (Å²) in [6, 6.07) is 8.49. The van der Waals surface area contributed by atoms with Crippen LogP contribution in [-0.4, -0.2) is 18.1 Å². The lowest BCUT2D eigenvalue weighted by atomic mass is 10.1. The van der Waals surface area contributed by atoms with Crippen molar-refractivity contribution in [3.8, 4) is 11.5 Å². The molecule has 0 spiro atoms. The first-order valence-electron chi connectivity index (χ1n) is 5.96. The van der Waals surface area contributed by atoms with E-state index in [0.717, 1.165) is 23.8 Å². The van der Waals surface area contributed by atoms with E-state index in [1.54, 1.807) is 12.1 Å². The summed E-state index contributed by atoms with van der Waals surface area (Å²) in [5.74, 6) is -0.995. The summed E-state index contributed by atoms with van der Waals surface area (Å²) < 4.78 is 18.3. The Labute approximate surface area is 115 Å². The Kier molecular flexibility index (Phi) is 3.89. The molecule has 2 N–H and O–H groups in total. The van der Waals surface area contributed by atoms with Crippen LogP contribution in [0.1, 0.15) is 15.9 Å². The van der Waals surface area contributed by atoms with Gasteiger partial charge in [0.1, 0.15) is 17.3 Å². The summed E-state index contributed by atoms with van der Waals surface area (Å²) in [5, 5.41) is 12.2. The molecule has 0 aromatic heterocycles. The number of carbonyl (C=O) groups excluding carboxylic acids is 1. The first kappa shape index (κ1) is 13.9. The van der Waals surface area contributed by atoms with Gasteiger partial charge in [-0.3, -0.25) is 4.79 Å². The number of methoxy groups -OCH3 is 1. The Morgan fingerprint density at radius 3 is 2.70 bits per heavy atom. The molecule has 0 unspecified atom stereocenters. The molecule has 104 valence electrons. The van der Waals surface area contributed by atoms with Crippen LogP contribution < -0.4 is 10.1 Å². The molecule has 0 fully saturated rings. The fraction of sp³-hybridized carbons (Fsp3) is 0.133.